The molecule has 28 heavy (non-hydrogen) atoms. The number of likely N-dealkylation sites (tertiary alicyclic amines) is 1. The summed E-state index contributed by atoms with van der Waals surface area (Å²) in [6, 6.07) is 11.2. The first-order chi connectivity index (χ1) is 13.7. The lowest BCUT2D eigenvalue weighted by atomic mass is 10.0. The van der Waals surface area contributed by atoms with E-state index in [-0.39, 0.29) is 0 Å². The third-order valence-corrected chi connectivity index (χ3v) is 7.11. The fourth-order valence-electron chi connectivity index (χ4n) is 4.41. The summed E-state index contributed by atoms with van der Waals surface area (Å²) >= 11 is 1.67. The maximum absolute atomic E-state index is 12.8. The molecule has 2 aromatic rings. The van der Waals surface area contributed by atoms with E-state index in [2.05, 4.69) is 50.0 Å². The summed E-state index contributed by atoms with van der Waals surface area (Å²) in [6.45, 7) is 8.15. The molecule has 2 fully saturated rings. The lowest BCUT2D eigenvalue weighted by molar-refractivity contribution is -0.133. The minimum Gasteiger partial charge on any atom is -0.369 e. The molecule has 0 N–H and O–H groups in total. The highest BCUT2D eigenvalue weighted by atomic mass is 32.1. The number of para-hydroxylation sites is 1. The van der Waals surface area contributed by atoms with Gasteiger partial charge in [0.1, 0.15) is 0 Å². The standard InChI is InChI=1S/C22H30N4OS/c1-18-21(28-17-23-18)9-10-22(27)26-11-5-8-20(16-26)25-14-12-24(13-15-25)19-6-3-2-4-7-19/h2-4,6-7,17,20H,5,8-16H2,1H3/t20-/m0/s1. The number of rotatable bonds is 5. The predicted octanol–water partition coefficient (Wildman–Crippen LogP) is 3.20. The molecule has 3 heterocycles. The summed E-state index contributed by atoms with van der Waals surface area (Å²) in [5.74, 6) is 0.306. The lowest BCUT2D eigenvalue weighted by Crippen LogP contribution is -2.55. The molecular weight excluding hydrogens is 368 g/mol. The normalized spacial score (nSPS) is 21.1. The summed E-state index contributed by atoms with van der Waals surface area (Å²) in [7, 11) is 0. The summed E-state index contributed by atoms with van der Waals surface area (Å²) in [6.07, 6.45) is 3.77. The van der Waals surface area contributed by atoms with E-state index in [1.54, 1.807) is 11.3 Å². The van der Waals surface area contributed by atoms with Crippen LogP contribution in [0.15, 0.2) is 35.8 Å². The van der Waals surface area contributed by atoms with Gasteiger partial charge in [0, 0.05) is 62.3 Å². The number of nitrogens with zero attached hydrogens (tertiary/aromatic N) is 4. The van der Waals surface area contributed by atoms with Crippen LogP contribution in [0.2, 0.25) is 0 Å². The number of thiazole rings is 1. The van der Waals surface area contributed by atoms with Crippen molar-refractivity contribution in [1.29, 1.82) is 0 Å². The molecule has 1 amide bonds. The van der Waals surface area contributed by atoms with Crippen molar-refractivity contribution < 1.29 is 4.79 Å². The molecule has 2 aliphatic rings. The summed E-state index contributed by atoms with van der Waals surface area (Å²) in [5.41, 5.74) is 4.27. The second-order valence-corrected chi connectivity index (χ2v) is 8.79. The minimum atomic E-state index is 0.306. The summed E-state index contributed by atoms with van der Waals surface area (Å²) in [4.78, 5) is 25.5. The highest BCUT2D eigenvalue weighted by Gasteiger charge is 2.29. The van der Waals surface area contributed by atoms with Crippen LogP contribution >= 0.6 is 11.3 Å². The number of benzene rings is 1. The van der Waals surface area contributed by atoms with Crippen molar-refractivity contribution in [3.8, 4) is 0 Å². The van der Waals surface area contributed by atoms with Crippen LogP contribution in [-0.4, -0.2) is 66.0 Å². The molecule has 1 atom stereocenters. The van der Waals surface area contributed by atoms with E-state index in [0.717, 1.165) is 57.8 Å². The zero-order chi connectivity index (χ0) is 19.3. The maximum Gasteiger partial charge on any atom is 0.222 e. The predicted molar refractivity (Wildman–Crippen MR) is 115 cm³/mol. The molecular formula is C22H30N4OS. The Kier molecular flexibility index (Phi) is 6.27. The van der Waals surface area contributed by atoms with E-state index in [1.807, 2.05) is 12.4 Å². The number of piperidine rings is 1. The van der Waals surface area contributed by atoms with Crippen LogP contribution in [0.3, 0.4) is 0 Å². The average Bonchev–Trinajstić information content (AvgIpc) is 3.17. The van der Waals surface area contributed by atoms with E-state index in [4.69, 9.17) is 0 Å². The highest BCUT2D eigenvalue weighted by Crippen LogP contribution is 2.22. The number of carbonyl (C=O) groups is 1. The number of anilines is 1. The molecule has 1 aromatic heterocycles. The molecule has 4 rings (SSSR count). The Labute approximate surface area is 172 Å². The average molecular weight is 399 g/mol. The first-order valence-corrected chi connectivity index (χ1v) is 11.3. The monoisotopic (exact) mass is 398 g/mol. The third kappa shape index (κ3) is 4.55. The molecule has 1 aromatic carbocycles. The second-order valence-electron chi connectivity index (χ2n) is 7.86. The van der Waals surface area contributed by atoms with Crippen molar-refractivity contribution in [3.05, 3.63) is 46.4 Å². The number of hydrogen-bond acceptors (Lipinski definition) is 5. The van der Waals surface area contributed by atoms with Gasteiger partial charge in [0.15, 0.2) is 0 Å². The molecule has 0 spiro atoms. The van der Waals surface area contributed by atoms with E-state index in [1.165, 1.54) is 17.0 Å². The maximum atomic E-state index is 12.8. The molecule has 0 bridgehead atoms. The number of piperazine rings is 1. The van der Waals surface area contributed by atoms with Gasteiger partial charge in [-0.2, -0.15) is 0 Å². The van der Waals surface area contributed by atoms with Crippen LogP contribution in [0.25, 0.3) is 0 Å². The SMILES string of the molecule is Cc1ncsc1CCC(=O)N1CCC[C@H](N2CCN(c3ccccc3)CC2)C1. The molecule has 5 nitrogen and oxygen atoms in total. The van der Waals surface area contributed by atoms with E-state index < -0.39 is 0 Å². The first-order valence-electron chi connectivity index (χ1n) is 10.4. The van der Waals surface area contributed by atoms with Gasteiger partial charge >= 0.3 is 0 Å². The number of carbonyl (C=O) groups excluding carboxylic acids is 1. The fourth-order valence-corrected chi connectivity index (χ4v) is 5.19. The molecule has 2 saturated heterocycles. The smallest absolute Gasteiger partial charge is 0.222 e. The number of aryl methyl sites for hydroxylation is 2. The largest absolute Gasteiger partial charge is 0.369 e. The summed E-state index contributed by atoms with van der Waals surface area (Å²) < 4.78 is 0. The number of hydrogen-bond donors (Lipinski definition) is 0. The third-order valence-electron chi connectivity index (χ3n) is 6.11. The molecule has 6 heteroatoms. The Bertz CT molecular complexity index is 770. The highest BCUT2D eigenvalue weighted by molar-refractivity contribution is 7.09. The number of amides is 1. The van der Waals surface area contributed by atoms with Gasteiger partial charge in [-0.05, 0) is 38.3 Å². The Hall–Kier alpha value is -1.92. The van der Waals surface area contributed by atoms with Gasteiger partial charge in [0.05, 0.1) is 11.2 Å². The van der Waals surface area contributed by atoms with Crippen molar-refractivity contribution in [2.45, 2.75) is 38.6 Å². The van der Waals surface area contributed by atoms with Crippen LogP contribution in [0.5, 0.6) is 0 Å². The molecule has 0 aliphatic carbocycles. The topological polar surface area (TPSA) is 39.7 Å². The summed E-state index contributed by atoms with van der Waals surface area (Å²) in [5, 5.41) is 0. The zero-order valence-electron chi connectivity index (χ0n) is 16.7. The Morgan fingerprint density at radius 2 is 1.93 bits per heavy atom. The van der Waals surface area contributed by atoms with E-state index in [9.17, 15) is 4.79 Å². The molecule has 150 valence electrons. The van der Waals surface area contributed by atoms with E-state index >= 15 is 0 Å². The van der Waals surface area contributed by atoms with Crippen LogP contribution < -0.4 is 4.90 Å². The first kappa shape index (κ1) is 19.4. The van der Waals surface area contributed by atoms with Crippen LogP contribution in [0, 0.1) is 6.92 Å². The van der Waals surface area contributed by atoms with Crippen LogP contribution in [0.4, 0.5) is 5.69 Å². The Morgan fingerprint density at radius 1 is 1.14 bits per heavy atom. The number of aromatic nitrogens is 1. The van der Waals surface area contributed by atoms with Crippen LogP contribution in [-0.2, 0) is 11.2 Å². The quantitative estimate of drug-likeness (QED) is 0.775. The molecule has 0 radical (unpaired) electrons. The molecule has 0 unspecified atom stereocenters. The van der Waals surface area contributed by atoms with Crippen molar-refractivity contribution >= 4 is 22.9 Å². The van der Waals surface area contributed by atoms with Crippen molar-refractivity contribution in [2.24, 2.45) is 0 Å². The van der Waals surface area contributed by atoms with Crippen molar-refractivity contribution in [3.63, 3.8) is 0 Å². The van der Waals surface area contributed by atoms with Crippen molar-refractivity contribution in [2.75, 3.05) is 44.2 Å². The van der Waals surface area contributed by atoms with Gasteiger partial charge in [-0.25, -0.2) is 4.98 Å². The van der Waals surface area contributed by atoms with Gasteiger partial charge in [-0.1, -0.05) is 18.2 Å². The van der Waals surface area contributed by atoms with Crippen LogP contribution in [0.1, 0.15) is 29.8 Å². The van der Waals surface area contributed by atoms with Gasteiger partial charge in [0.25, 0.3) is 0 Å². The van der Waals surface area contributed by atoms with Gasteiger partial charge in [0.2, 0.25) is 5.91 Å². The molecule has 2 aliphatic heterocycles. The van der Waals surface area contributed by atoms with Gasteiger partial charge in [-0.15, -0.1) is 11.3 Å². The lowest BCUT2D eigenvalue weighted by Gasteiger charge is -2.44. The molecule has 0 saturated carbocycles. The minimum absolute atomic E-state index is 0.306. The Balaban J connectivity index is 1.27. The fraction of sp³-hybridized carbons (Fsp3) is 0.545. The Morgan fingerprint density at radius 3 is 2.64 bits per heavy atom. The second kappa shape index (κ2) is 9.05. The zero-order valence-corrected chi connectivity index (χ0v) is 17.5. The van der Waals surface area contributed by atoms with Crippen molar-refractivity contribution in [1.82, 2.24) is 14.8 Å². The van der Waals surface area contributed by atoms with Gasteiger partial charge < -0.3 is 9.80 Å². The van der Waals surface area contributed by atoms with E-state index in [0.29, 0.717) is 18.4 Å². The van der Waals surface area contributed by atoms with Gasteiger partial charge in [-0.3, -0.25) is 9.69 Å².